The van der Waals surface area contributed by atoms with Gasteiger partial charge in [0, 0.05) is 25.2 Å². The van der Waals surface area contributed by atoms with Gasteiger partial charge in [-0.15, -0.1) is 0 Å². The van der Waals surface area contributed by atoms with Gasteiger partial charge in [0.25, 0.3) is 5.69 Å². The van der Waals surface area contributed by atoms with E-state index in [9.17, 15) is 10.1 Å². The smallest absolute Gasteiger partial charge is 0.294 e. The molecule has 7 heteroatoms. The standard InChI is InChI=1S/C12H15Cl2N3O2/c1-7-2-3-16(6-10(7)15)11-4-8(13)9(14)5-12(11)17(18)19/h4-5,7,10H,2-3,6,15H2,1H3. The molecule has 2 N–H and O–H groups in total. The Labute approximate surface area is 121 Å². The second-order valence-electron chi connectivity index (χ2n) is 4.89. The molecule has 2 unspecified atom stereocenters. The predicted octanol–water partition coefficient (Wildman–Crippen LogP) is 3.08. The van der Waals surface area contributed by atoms with Gasteiger partial charge in [0.2, 0.25) is 0 Å². The molecule has 0 radical (unpaired) electrons. The van der Waals surface area contributed by atoms with Crippen molar-refractivity contribution in [2.24, 2.45) is 11.7 Å². The molecule has 1 aliphatic rings. The molecule has 0 spiro atoms. The van der Waals surface area contributed by atoms with Crippen LogP contribution in [-0.4, -0.2) is 24.1 Å². The van der Waals surface area contributed by atoms with Crippen molar-refractivity contribution in [1.29, 1.82) is 0 Å². The number of nitro groups is 1. The number of hydrogen-bond donors (Lipinski definition) is 1. The van der Waals surface area contributed by atoms with Crippen molar-refractivity contribution in [3.05, 3.63) is 32.3 Å². The van der Waals surface area contributed by atoms with E-state index in [1.54, 1.807) is 6.07 Å². The van der Waals surface area contributed by atoms with E-state index < -0.39 is 4.92 Å². The van der Waals surface area contributed by atoms with Gasteiger partial charge in [-0.1, -0.05) is 30.1 Å². The van der Waals surface area contributed by atoms with Crippen LogP contribution in [0.4, 0.5) is 11.4 Å². The summed E-state index contributed by atoms with van der Waals surface area (Å²) in [5, 5.41) is 11.6. The maximum atomic E-state index is 11.1. The Hall–Kier alpha value is -1.04. The molecule has 2 atom stereocenters. The quantitative estimate of drug-likeness (QED) is 0.673. The minimum atomic E-state index is -0.443. The minimum Gasteiger partial charge on any atom is -0.364 e. The van der Waals surface area contributed by atoms with Gasteiger partial charge in [0.05, 0.1) is 15.0 Å². The summed E-state index contributed by atoms with van der Waals surface area (Å²) in [7, 11) is 0. The highest BCUT2D eigenvalue weighted by molar-refractivity contribution is 6.42. The Kier molecular flexibility index (Phi) is 4.18. The molecule has 19 heavy (non-hydrogen) atoms. The fourth-order valence-electron chi connectivity index (χ4n) is 2.24. The maximum Gasteiger partial charge on any atom is 0.294 e. The summed E-state index contributed by atoms with van der Waals surface area (Å²) in [5.74, 6) is 0.415. The molecule has 1 aromatic carbocycles. The molecule has 1 aromatic rings. The second kappa shape index (κ2) is 5.53. The fraction of sp³-hybridized carbons (Fsp3) is 0.500. The molecule has 1 aliphatic heterocycles. The van der Waals surface area contributed by atoms with Crippen molar-refractivity contribution >= 4 is 34.6 Å². The molecular formula is C12H15Cl2N3O2. The van der Waals surface area contributed by atoms with Crippen molar-refractivity contribution < 1.29 is 4.92 Å². The molecule has 5 nitrogen and oxygen atoms in total. The summed E-state index contributed by atoms with van der Waals surface area (Å²) in [5.41, 5.74) is 6.49. The van der Waals surface area contributed by atoms with E-state index in [1.807, 2.05) is 4.90 Å². The van der Waals surface area contributed by atoms with Crippen molar-refractivity contribution in [3.63, 3.8) is 0 Å². The van der Waals surface area contributed by atoms with Gasteiger partial charge in [-0.3, -0.25) is 10.1 Å². The Bertz CT molecular complexity index is 510. The van der Waals surface area contributed by atoms with Gasteiger partial charge in [0.1, 0.15) is 5.69 Å². The third kappa shape index (κ3) is 2.94. The van der Waals surface area contributed by atoms with Gasteiger partial charge < -0.3 is 10.6 Å². The summed E-state index contributed by atoms with van der Waals surface area (Å²) in [6.07, 6.45) is 0.901. The second-order valence-corrected chi connectivity index (χ2v) is 5.70. The molecule has 0 aliphatic carbocycles. The van der Waals surface area contributed by atoms with E-state index in [2.05, 4.69) is 6.92 Å². The van der Waals surface area contributed by atoms with Crippen LogP contribution in [0.5, 0.6) is 0 Å². The summed E-state index contributed by atoms with van der Waals surface area (Å²) in [6.45, 7) is 3.40. The number of benzene rings is 1. The van der Waals surface area contributed by atoms with Gasteiger partial charge in [-0.05, 0) is 18.4 Å². The van der Waals surface area contributed by atoms with Crippen LogP contribution in [0.1, 0.15) is 13.3 Å². The number of nitrogens with two attached hydrogens (primary N) is 1. The predicted molar refractivity (Wildman–Crippen MR) is 77.1 cm³/mol. The highest BCUT2D eigenvalue weighted by Crippen LogP contribution is 2.37. The van der Waals surface area contributed by atoms with Crippen molar-refractivity contribution in [2.75, 3.05) is 18.0 Å². The summed E-state index contributed by atoms with van der Waals surface area (Å²) in [6, 6.07) is 2.84. The van der Waals surface area contributed by atoms with Crippen LogP contribution in [0.15, 0.2) is 12.1 Å². The molecule has 0 aromatic heterocycles. The average molecular weight is 304 g/mol. The van der Waals surface area contributed by atoms with Gasteiger partial charge >= 0.3 is 0 Å². The minimum absolute atomic E-state index is 0.00260. The zero-order valence-electron chi connectivity index (χ0n) is 10.5. The van der Waals surface area contributed by atoms with Crippen LogP contribution in [0.3, 0.4) is 0 Å². The van der Waals surface area contributed by atoms with E-state index in [0.29, 0.717) is 23.2 Å². The molecular weight excluding hydrogens is 289 g/mol. The monoisotopic (exact) mass is 303 g/mol. The highest BCUT2D eigenvalue weighted by Gasteiger charge is 2.28. The Morgan fingerprint density at radius 3 is 2.63 bits per heavy atom. The van der Waals surface area contributed by atoms with Crippen molar-refractivity contribution in [1.82, 2.24) is 0 Å². The average Bonchev–Trinajstić information content (AvgIpc) is 2.35. The lowest BCUT2D eigenvalue weighted by Gasteiger charge is -2.36. The zero-order chi connectivity index (χ0) is 14.2. The Morgan fingerprint density at radius 2 is 2.05 bits per heavy atom. The lowest BCUT2D eigenvalue weighted by Crippen LogP contribution is -2.47. The van der Waals surface area contributed by atoms with Crippen LogP contribution in [0.25, 0.3) is 0 Å². The lowest BCUT2D eigenvalue weighted by atomic mass is 9.94. The summed E-state index contributed by atoms with van der Waals surface area (Å²) < 4.78 is 0. The first kappa shape index (κ1) is 14.4. The van der Waals surface area contributed by atoms with Gasteiger partial charge in [0.15, 0.2) is 0 Å². The normalized spacial score (nSPS) is 23.5. The SMILES string of the molecule is CC1CCN(c2cc(Cl)c(Cl)cc2[N+](=O)[O-])CC1N. The van der Waals surface area contributed by atoms with E-state index in [1.165, 1.54) is 6.07 Å². The molecule has 1 fully saturated rings. The van der Waals surface area contributed by atoms with E-state index >= 15 is 0 Å². The molecule has 0 saturated carbocycles. The summed E-state index contributed by atoms with van der Waals surface area (Å²) >= 11 is 11.8. The Morgan fingerprint density at radius 1 is 1.42 bits per heavy atom. The van der Waals surface area contributed by atoms with Crippen LogP contribution in [0, 0.1) is 16.0 Å². The molecule has 0 bridgehead atoms. The van der Waals surface area contributed by atoms with Crippen LogP contribution in [0.2, 0.25) is 10.0 Å². The Balaban J connectivity index is 2.38. The van der Waals surface area contributed by atoms with Gasteiger partial charge in [-0.2, -0.15) is 0 Å². The number of nitro benzene ring substituents is 1. The number of nitrogens with zero attached hydrogens (tertiary/aromatic N) is 2. The zero-order valence-corrected chi connectivity index (χ0v) is 12.0. The molecule has 104 valence electrons. The topological polar surface area (TPSA) is 72.4 Å². The first-order valence-electron chi connectivity index (χ1n) is 6.04. The van der Waals surface area contributed by atoms with Crippen molar-refractivity contribution in [3.8, 4) is 0 Å². The molecule has 1 heterocycles. The molecule has 0 amide bonds. The largest absolute Gasteiger partial charge is 0.364 e. The number of halogens is 2. The lowest BCUT2D eigenvalue weighted by molar-refractivity contribution is -0.384. The first-order valence-corrected chi connectivity index (χ1v) is 6.79. The molecule has 2 rings (SSSR count). The summed E-state index contributed by atoms with van der Waals surface area (Å²) in [4.78, 5) is 12.6. The third-order valence-corrected chi connectivity index (χ3v) is 4.29. The van der Waals surface area contributed by atoms with Crippen LogP contribution >= 0.6 is 23.2 Å². The molecule has 1 saturated heterocycles. The number of piperidine rings is 1. The number of anilines is 1. The van der Waals surface area contributed by atoms with E-state index in [4.69, 9.17) is 28.9 Å². The first-order chi connectivity index (χ1) is 8.90. The fourth-order valence-corrected chi connectivity index (χ4v) is 2.56. The van der Waals surface area contributed by atoms with E-state index in [-0.39, 0.29) is 16.8 Å². The van der Waals surface area contributed by atoms with Crippen LogP contribution < -0.4 is 10.6 Å². The maximum absolute atomic E-state index is 11.1. The van der Waals surface area contributed by atoms with Crippen molar-refractivity contribution in [2.45, 2.75) is 19.4 Å². The highest BCUT2D eigenvalue weighted by atomic mass is 35.5. The van der Waals surface area contributed by atoms with E-state index in [0.717, 1.165) is 13.0 Å². The van der Waals surface area contributed by atoms with Crippen LogP contribution in [-0.2, 0) is 0 Å². The number of hydrogen-bond acceptors (Lipinski definition) is 4. The third-order valence-electron chi connectivity index (χ3n) is 3.57. The number of rotatable bonds is 2. The van der Waals surface area contributed by atoms with Gasteiger partial charge in [-0.25, -0.2) is 0 Å².